The molecule has 0 bridgehead atoms. The van der Waals surface area contributed by atoms with Gasteiger partial charge < -0.3 is 10.5 Å². The van der Waals surface area contributed by atoms with E-state index < -0.39 is 0 Å². The summed E-state index contributed by atoms with van der Waals surface area (Å²) in [7, 11) is 0. The van der Waals surface area contributed by atoms with E-state index in [9.17, 15) is 0 Å². The van der Waals surface area contributed by atoms with Gasteiger partial charge in [0.2, 0.25) is 0 Å². The molecule has 2 heterocycles. The molecule has 1 aliphatic heterocycles. The highest BCUT2D eigenvalue weighted by molar-refractivity contribution is 5.03. The van der Waals surface area contributed by atoms with Crippen molar-refractivity contribution in [3.63, 3.8) is 0 Å². The van der Waals surface area contributed by atoms with Crippen molar-refractivity contribution >= 4 is 0 Å². The summed E-state index contributed by atoms with van der Waals surface area (Å²) in [6, 6.07) is 0. The summed E-state index contributed by atoms with van der Waals surface area (Å²) in [5.41, 5.74) is 6.74. The van der Waals surface area contributed by atoms with E-state index in [4.69, 9.17) is 10.5 Å². The van der Waals surface area contributed by atoms with Crippen LogP contribution < -0.4 is 5.73 Å². The van der Waals surface area contributed by atoms with E-state index >= 15 is 0 Å². The smallest absolute Gasteiger partial charge is 0.0771 e. The fourth-order valence-electron chi connectivity index (χ4n) is 1.94. The number of nitrogens with two attached hydrogens (primary N) is 1. The second-order valence-corrected chi connectivity index (χ2v) is 4.10. The molecule has 1 unspecified atom stereocenters. The van der Waals surface area contributed by atoms with Gasteiger partial charge in [-0.1, -0.05) is 0 Å². The minimum Gasteiger partial charge on any atom is -0.376 e. The lowest BCUT2D eigenvalue weighted by Gasteiger charge is -2.08. The lowest BCUT2D eigenvalue weighted by atomic mass is 10.2. The number of aromatic nitrogens is 2. The van der Waals surface area contributed by atoms with E-state index in [-0.39, 0.29) is 0 Å². The third-order valence-electron chi connectivity index (χ3n) is 2.77. The standard InChI is InChI=1S/C11H19N3O/c12-5-1-3-10-7-13-14(8-10)9-11-4-2-6-15-11/h7-8,11H,1-6,9,12H2. The highest BCUT2D eigenvalue weighted by Crippen LogP contribution is 2.14. The third-order valence-corrected chi connectivity index (χ3v) is 2.77. The zero-order valence-corrected chi connectivity index (χ0v) is 9.06. The van der Waals surface area contributed by atoms with E-state index in [0.29, 0.717) is 6.10 Å². The maximum absolute atomic E-state index is 5.57. The first-order valence-corrected chi connectivity index (χ1v) is 5.71. The predicted octanol–water partition coefficient (Wildman–Crippen LogP) is 0.953. The lowest BCUT2D eigenvalue weighted by molar-refractivity contribution is 0.0940. The first kappa shape index (κ1) is 10.6. The molecular weight excluding hydrogens is 190 g/mol. The monoisotopic (exact) mass is 209 g/mol. The molecule has 0 spiro atoms. The van der Waals surface area contributed by atoms with Gasteiger partial charge in [0.1, 0.15) is 0 Å². The second kappa shape index (κ2) is 5.28. The normalized spacial score (nSPS) is 21.0. The molecule has 84 valence electrons. The van der Waals surface area contributed by atoms with Gasteiger partial charge in [-0.2, -0.15) is 5.10 Å². The van der Waals surface area contributed by atoms with E-state index in [2.05, 4.69) is 11.3 Å². The molecule has 1 aliphatic rings. The van der Waals surface area contributed by atoms with Gasteiger partial charge in [0.15, 0.2) is 0 Å². The summed E-state index contributed by atoms with van der Waals surface area (Å²) >= 11 is 0. The van der Waals surface area contributed by atoms with Crippen LogP contribution in [0.4, 0.5) is 0 Å². The van der Waals surface area contributed by atoms with Crippen LogP contribution >= 0.6 is 0 Å². The molecule has 0 radical (unpaired) electrons. The highest BCUT2D eigenvalue weighted by atomic mass is 16.5. The van der Waals surface area contributed by atoms with E-state index in [1.807, 2.05) is 10.9 Å². The fraction of sp³-hybridized carbons (Fsp3) is 0.727. The Balaban J connectivity index is 1.83. The first-order chi connectivity index (χ1) is 7.38. The Bertz CT molecular complexity index is 292. The number of ether oxygens (including phenoxy) is 1. The molecule has 0 saturated carbocycles. The summed E-state index contributed by atoms with van der Waals surface area (Å²) in [6.45, 7) is 2.55. The van der Waals surface area contributed by atoms with E-state index in [1.54, 1.807) is 0 Å². The molecule has 1 fully saturated rings. The van der Waals surface area contributed by atoms with Gasteiger partial charge in [0, 0.05) is 12.8 Å². The van der Waals surface area contributed by atoms with Crippen LogP contribution in [0.2, 0.25) is 0 Å². The van der Waals surface area contributed by atoms with Crippen LogP contribution in [-0.2, 0) is 17.7 Å². The fourth-order valence-corrected chi connectivity index (χ4v) is 1.94. The maximum atomic E-state index is 5.57. The molecule has 15 heavy (non-hydrogen) atoms. The van der Waals surface area contributed by atoms with Gasteiger partial charge in [-0.25, -0.2) is 0 Å². The predicted molar refractivity (Wildman–Crippen MR) is 58.6 cm³/mol. The van der Waals surface area contributed by atoms with Crippen molar-refractivity contribution in [2.45, 2.75) is 38.3 Å². The zero-order valence-electron chi connectivity index (χ0n) is 9.06. The molecule has 1 aromatic rings. The van der Waals surface area contributed by atoms with Gasteiger partial charge in [0.05, 0.1) is 18.8 Å². The molecule has 4 heteroatoms. The summed E-state index contributed by atoms with van der Waals surface area (Å²) in [4.78, 5) is 0. The van der Waals surface area contributed by atoms with Gasteiger partial charge in [-0.3, -0.25) is 4.68 Å². The lowest BCUT2D eigenvalue weighted by Crippen LogP contribution is -2.15. The second-order valence-electron chi connectivity index (χ2n) is 4.10. The van der Waals surface area contributed by atoms with Crippen LogP contribution in [-0.4, -0.2) is 29.0 Å². The Morgan fingerprint density at radius 2 is 2.53 bits per heavy atom. The number of hydrogen-bond acceptors (Lipinski definition) is 3. The third kappa shape index (κ3) is 3.04. The summed E-state index contributed by atoms with van der Waals surface area (Å²) in [5, 5.41) is 4.33. The highest BCUT2D eigenvalue weighted by Gasteiger charge is 2.16. The van der Waals surface area contributed by atoms with Gasteiger partial charge >= 0.3 is 0 Å². The van der Waals surface area contributed by atoms with Crippen LogP contribution in [0, 0.1) is 0 Å². The minimum atomic E-state index is 0.368. The summed E-state index contributed by atoms with van der Waals surface area (Å²) in [6.07, 6.45) is 8.83. The molecular formula is C11H19N3O. The zero-order chi connectivity index (χ0) is 10.5. The Hall–Kier alpha value is -0.870. The topological polar surface area (TPSA) is 53.1 Å². The largest absolute Gasteiger partial charge is 0.376 e. The van der Waals surface area contributed by atoms with Crippen molar-refractivity contribution in [1.29, 1.82) is 0 Å². The van der Waals surface area contributed by atoms with Crippen LogP contribution in [0.5, 0.6) is 0 Å². The van der Waals surface area contributed by atoms with Crippen molar-refractivity contribution in [2.75, 3.05) is 13.2 Å². The number of aryl methyl sites for hydroxylation is 1. The Labute approximate surface area is 90.4 Å². The van der Waals surface area contributed by atoms with Crippen molar-refractivity contribution in [2.24, 2.45) is 5.73 Å². The average molecular weight is 209 g/mol. The molecule has 0 amide bonds. The number of rotatable bonds is 5. The number of hydrogen-bond donors (Lipinski definition) is 1. The molecule has 1 atom stereocenters. The van der Waals surface area contributed by atoms with Gasteiger partial charge in [-0.05, 0) is 37.8 Å². The average Bonchev–Trinajstić information content (AvgIpc) is 2.87. The van der Waals surface area contributed by atoms with Gasteiger partial charge in [-0.15, -0.1) is 0 Å². The molecule has 0 aliphatic carbocycles. The Morgan fingerprint density at radius 3 is 3.27 bits per heavy atom. The molecule has 1 saturated heterocycles. The number of nitrogens with zero attached hydrogens (tertiary/aromatic N) is 2. The Morgan fingerprint density at radius 1 is 1.60 bits per heavy atom. The van der Waals surface area contributed by atoms with Crippen molar-refractivity contribution in [3.05, 3.63) is 18.0 Å². The minimum absolute atomic E-state index is 0.368. The maximum Gasteiger partial charge on any atom is 0.0771 e. The molecule has 0 aromatic carbocycles. The Kier molecular flexibility index (Phi) is 3.75. The van der Waals surface area contributed by atoms with Crippen molar-refractivity contribution in [3.8, 4) is 0 Å². The van der Waals surface area contributed by atoms with Crippen molar-refractivity contribution < 1.29 is 4.74 Å². The van der Waals surface area contributed by atoms with Crippen LogP contribution in [0.15, 0.2) is 12.4 Å². The summed E-state index contributed by atoms with van der Waals surface area (Å²) < 4.78 is 7.55. The van der Waals surface area contributed by atoms with Crippen LogP contribution in [0.3, 0.4) is 0 Å². The van der Waals surface area contributed by atoms with Crippen LogP contribution in [0.25, 0.3) is 0 Å². The summed E-state index contributed by atoms with van der Waals surface area (Å²) in [5.74, 6) is 0. The molecule has 2 N–H and O–H groups in total. The van der Waals surface area contributed by atoms with E-state index in [0.717, 1.165) is 39.0 Å². The van der Waals surface area contributed by atoms with Crippen molar-refractivity contribution in [1.82, 2.24) is 9.78 Å². The molecule has 2 rings (SSSR count). The SMILES string of the molecule is NCCCc1cnn(CC2CCCO2)c1. The van der Waals surface area contributed by atoms with Crippen LogP contribution in [0.1, 0.15) is 24.8 Å². The first-order valence-electron chi connectivity index (χ1n) is 5.71. The van der Waals surface area contributed by atoms with E-state index in [1.165, 1.54) is 12.0 Å². The molecule has 1 aromatic heterocycles. The van der Waals surface area contributed by atoms with Gasteiger partial charge in [0.25, 0.3) is 0 Å². The quantitative estimate of drug-likeness (QED) is 0.785. The molecule has 4 nitrogen and oxygen atoms in total.